The van der Waals surface area contributed by atoms with E-state index in [0.29, 0.717) is 0 Å². The number of anilines is 1. The van der Waals surface area contributed by atoms with Gasteiger partial charge in [-0.25, -0.2) is 0 Å². The van der Waals surface area contributed by atoms with E-state index in [-0.39, 0.29) is 0 Å². The second-order valence-corrected chi connectivity index (χ2v) is 6.15. The summed E-state index contributed by atoms with van der Waals surface area (Å²) < 4.78 is 0. The molecule has 1 fully saturated rings. The molecule has 1 aliphatic rings. The number of pyridine rings is 1. The van der Waals surface area contributed by atoms with Gasteiger partial charge in [0.2, 0.25) is 0 Å². The molecule has 0 aliphatic carbocycles. The zero-order valence-electron chi connectivity index (χ0n) is 10.4. The Balaban J connectivity index is 1.74. The molecule has 1 atom stereocenters. The van der Waals surface area contributed by atoms with Crippen LogP contribution in [0.2, 0.25) is 0 Å². The van der Waals surface area contributed by atoms with E-state index < -0.39 is 0 Å². The molecule has 2 nitrogen and oxygen atoms in total. The molecule has 2 aromatic rings. The minimum atomic E-state index is 0.769. The van der Waals surface area contributed by atoms with E-state index in [9.17, 15) is 0 Å². The number of aromatic nitrogens is 1. The summed E-state index contributed by atoms with van der Waals surface area (Å²) in [5.41, 5.74) is 2.28. The van der Waals surface area contributed by atoms with Crippen molar-refractivity contribution in [2.45, 2.75) is 24.5 Å². The summed E-state index contributed by atoms with van der Waals surface area (Å²) in [6, 6.07) is 10.4. The van der Waals surface area contributed by atoms with E-state index in [1.165, 1.54) is 36.1 Å². The van der Waals surface area contributed by atoms with Gasteiger partial charge in [-0.3, -0.25) is 4.98 Å². The number of hydrogen-bond acceptors (Lipinski definition) is 3. The molecule has 1 aromatic heterocycles. The van der Waals surface area contributed by atoms with Crippen LogP contribution in [0.15, 0.2) is 36.5 Å². The maximum atomic E-state index is 4.39. The van der Waals surface area contributed by atoms with Crippen LogP contribution >= 0.6 is 11.8 Å². The van der Waals surface area contributed by atoms with Crippen molar-refractivity contribution in [1.29, 1.82) is 0 Å². The van der Waals surface area contributed by atoms with Gasteiger partial charge < -0.3 is 5.32 Å². The third-order valence-electron chi connectivity index (χ3n) is 3.44. The van der Waals surface area contributed by atoms with Crippen LogP contribution in [0, 0.1) is 0 Å². The summed E-state index contributed by atoms with van der Waals surface area (Å²) in [7, 11) is 0. The lowest BCUT2D eigenvalue weighted by Gasteiger charge is -2.22. The van der Waals surface area contributed by atoms with Crippen LogP contribution in [0.3, 0.4) is 0 Å². The third kappa shape index (κ3) is 2.61. The highest BCUT2D eigenvalue weighted by molar-refractivity contribution is 7.99. The van der Waals surface area contributed by atoms with Crippen molar-refractivity contribution in [2.75, 3.05) is 17.6 Å². The lowest BCUT2D eigenvalue weighted by Crippen LogP contribution is -2.20. The highest BCUT2D eigenvalue weighted by Crippen LogP contribution is 2.26. The van der Waals surface area contributed by atoms with Gasteiger partial charge in [-0.1, -0.05) is 24.6 Å². The van der Waals surface area contributed by atoms with Gasteiger partial charge in [-0.15, -0.1) is 0 Å². The van der Waals surface area contributed by atoms with E-state index in [1.54, 1.807) is 0 Å². The molecule has 0 bridgehead atoms. The number of benzene rings is 1. The van der Waals surface area contributed by atoms with Crippen molar-refractivity contribution >= 4 is 28.4 Å². The second-order valence-electron chi connectivity index (χ2n) is 4.75. The fourth-order valence-electron chi connectivity index (χ4n) is 2.44. The zero-order valence-corrected chi connectivity index (χ0v) is 11.2. The molecule has 0 radical (unpaired) electrons. The molecule has 0 amide bonds. The first kappa shape index (κ1) is 11.8. The highest BCUT2D eigenvalue weighted by atomic mass is 32.2. The Labute approximate surface area is 112 Å². The topological polar surface area (TPSA) is 24.9 Å². The Kier molecular flexibility index (Phi) is 3.69. The minimum absolute atomic E-state index is 0.769. The molecule has 1 unspecified atom stereocenters. The quantitative estimate of drug-likeness (QED) is 0.903. The van der Waals surface area contributed by atoms with E-state index in [4.69, 9.17) is 0 Å². The minimum Gasteiger partial charge on any atom is -0.383 e. The summed E-state index contributed by atoms with van der Waals surface area (Å²) in [4.78, 5) is 4.39. The van der Waals surface area contributed by atoms with Crippen molar-refractivity contribution in [3.8, 4) is 0 Å². The first-order valence-electron chi connectivity index (χ1n) is 6.63. The largest absolute Gasteiger partial charge is 0.383 e. The van der Waals surface area contributed by atoms with E-state index in [1.807, 2.05) is 12.3 Å². The van der Waals surface area contributed by atoms with E-state index in [2.05, 4.69) is 46.3 Å². The number of nitrogens with zero attached hydrogens (tertiary/aromatic N) is 1. The van der Waals surface area contributed by atoms with Crippen molar-refractivity contribution in [2.24, 2.45) is 0 Å². The van der Waals surface area contributed by atoms with E-state index in [0.717, 1.165) is 17.3 Å². The molecule has 0 spiro atoms. The zero-order chi connectivity index (χ0) is 12.2. The lowest BCUT2D eigenvalue weighted by atomic mass is 10.1. The molecule has 18 heavy (non-hydrogen) atoms. The predicted molar refractivity (Wildman–Crippen MR) is 80.3 cm³/mol. The molecule has 2 heterocycles. The molecule has 1 aromatic carbocycles. The Morgan fingerprint density at radius 3 is 3.06 bits per heavy atom. The van der Waals surface area contributed by atoms with Crippen LogP contribution < -0.4 is 5.32 Å². The van der Waals surface area contributed by atoms with Crippen LogP contribution in [0.1, 0.15) is 19.3 Å². The summed E-state index contributed by atoms with van der Waals surface area (Å²) >= 11 is 2.11. The van der Waals surface area contributed by atoms with Gasteiger partial charge in [0.05, 0.1) is 5.52 Å². The third-order valence-corrected chi connectivity index (χ3v) is 4.84. The smallest absolute Gasteiger partial charge is 0.0722 e. The molecule has 94 valence electrons. The standard InChI is InChI=1S/C15H18N2S/c1-2-7-14-13(6-1)15(8-9-16-14)17-11-12-5-3-4-10-18-12/h1-2,6-9,12H,3-5,10-11H2,(H,16,17). The van der Waals surface area contributed by atoms with E-state index >= 15 is 0 Å². The number of nitrogens with one attached hydrogen (secondary N) is 1. The maximum Gasteiger partial charge on any atom is 0.0722 e. The van der Waals surface area contributed by atoms with Crippen molar-refractivity contribution in [3.63, 3.8) is 0 Å². The van der Waals surface area contributed by atoms with Crippen molar-refractivity contribution in [1.82, 2.24) is 4.98 Å². The fraction of sp³-hybridized carbons (Fsp3) is 0.400. The van der Waals surface area contributed by atoms with Gasteiger partial charge in [-0.2, -0.15) is 11.8 Å². The first-order valence-corrected chi connectivity index (χ1v) is 7.67. The number of para-hydroxylation sites is 1. The fourth-order valence-corrected chi connectivity index (χ4v) is 3.68. The van der Waals surface area contributed by atoms with Crippen molar-refractivity contribution < 1.29 is 0 Å². The highest BCUT2D eigenvalue weighted by Gasteiger charge is 2.13. The predicted octanol–water partition coefficient (Wildman–Crippen LogP) is 3.93. The molecule has 3 rings (SSSR count). The van der Waals surface area contributed by atoms with Gasteiger partial charge in [0.1, 0.15) is 0 Å². The molecule has 0 saturated carbocycles. The SMILES string of the molecule is c1ccc2c(NCC3CCCCS3)ccnc2c1. The van der Waals surface area contributed by atoms with Gasteiger partial charge in [0.15, 0.2) is 0 Å². The van der Waals surface area contributed by atoms with Gasteiger partial charge in [-0.05, 0) is 30.7 Å². The van der Waals surface area contributed by atoms with Crippen LogP contribution in [-0.4, -0.2) is 22.5 Å². The lowest BCUT2D eigenvalue weighted by molar-refractivity contribution is 0.678. The Morgan fingerprint density at radius 1 is 1.22 bits per heavy atom. The summed E-state index contributed by atoms with van der Waals surface area (Å²) in [5, 5.41) is 5.59. The molecule has 1 aliphatic heterocycles. The number of fused-ring (bicyclic) bond motifs is 1. The second kappa shape index (κ2) is 5.61. The molecular formula is C15H18N2S. The molecule has 1 saturated heterocycles. The number of hydrogen-bond donors (Lipinski definition) is 1. The summed E-state index contributed by atoms with van der Waals surface area (Å²) in [6.45, 7) is 1.07. The number of thioether (sulfide) groups is 1. The summed E-state index contributed by atoms with van der Waals surface area (Å²) in [5.74, 6) is 1.32. The van der Waals surface area contributed by atoms with Crippen LogP contribution in [0.4, 0.5) is 5.69 Å². The van der Waals surface area contributed by atoms with Crippen LogP contribution in [-0.2, 0) is 0 Å². The Hall–Kier alpha value is -1.22. The summed E-state index contributed by atoms with van der Waals surface area (Å²) in [6.07, 6.45) is 6.01. The first-order chi connectivity index (χ1) is 8.93. The average molecular weight is 258 g/mol. The average Bonchev–Trinajstić information content (AvgIpc) is 2.46. The van der Waals surface area contributed by atoms with Crippen LogP contribution in [0.5, 0.6) is 0 Å². The molecule has 3 heteroatoms. The van der Waals surface area contributed by atoms with Crippen LogP contribution in [0.25, 0.3) is 10.9 Å². The van der Waals surface area contributed by atoms with Gasteiger partial charge >= 0.3 is 0 Å². The Morgan fingerprint density at radius 2 is 2.17 bits per heavy atom. The molecular weight excluding hydrogens is 240 g/mol. The van der Waals surface area contributed by atoms with Gasteiger partial charge in [0.25, 0.3) is 0 Å². The molecule has 1 N–H and O–H groups in total. The maximum absolute atomic E-state index is 4.39. The van der Waals surface area contributed by atoms with Crippen molar-refractivity contribution in [3.05, 3.63) is 36.5 Å². The Bertz CT molecular complexity index is 515. The normalized spacial score (nSPS) is 19.9. The monoisotopic (exact) mass is 258 g/mol. The van der Waals surface area contributed by atoms with Gasteiger partial charge in [0, 0.05) is 29.1 Å². The number of rotatable bonds is 3.